The van der Waals surface area contributed by atoms with Crippen LogP contribution in [0.4, 0.5) is 0 Å². The highest BCUT2D eigenvalue weighted by Crippen LogP contribution is 2.10. The number of hydrogen-bond donors (Lipinski definition) is 2. The number of aromatic amines is 1. The van der Waals surface area contributed by atoms with Crippen molar-refractivity contribution in [3.63, 3.8) is 0 Å². The van der Waals surface area contributed by atoms with E-state index in [4.69, 9.17) is 4.42 Å². The maximum atomic E-state index is 11.7. The molecular weight excluding hydrogens is 254 g/mol. The molecule has 3 aromatic rings. The van der Waals surface area contributed by atoms with Gasteiger partial charge >= 0.3 is 0 Å². The molecule has 1 aromatic carbocycles. The van der Waals surface area contributed by atoms with Crippen LogP contribution in [0.25, 0.3) is 11.0 Å². The van der Waals surface area contributed by atoms with Crippen LogP contribution in [0.15, 0.2) is 47.1 Å². The quantitative estimate of drug-likeness (QED) is 0.744. The lowest BCUT2D eigenvalue weighted by atomic mass is 10.3. The van der Waals surface area contributed by atoms with Crippen molar-refractivity contribution in [2.45, 2.75) is 12.8 Å². The second-order valence-electron chi connectivity index (χ2n) is 4.56. The van der Waals surface area contributed by atoms with Crippen molar-refractivity contribution in [3.8, 4) is 0 Å². The van der Waals surface area contributed by atoms with E-state index in [9.17, 15) is 4.79 Å². The first-order valence-electron chi connectivity index (χ1n) is 6.54. The van der Waals surface area contributed by atoms with Crippen LogP contribution >= 0.6 is 0 Å². The van der Waals surface area contributed by atoms with E-state index in [1.807, 2.05) is 24.3 Å². The highest BCUT2D eigenvalue weighted by Gasteiger charge is 2.06. The van der Waals surface area contributed by atoms with Crippen LogP contribution in [-0.2, 0) is 17.6 Å². The monoisotopic (exact) mass is 269 g/mol. The van der Waals surface area contributed by atoms with Crippen molar-refractivity contribution in [3.05, 3.63) is 54.2 Å². The molecule has 0 fully saturated rings. The summed E-state index contributed by atoms with van der Waals surface area (Å²) < 4.78 is 5.13. The number of furan rings is 1. The zero-order valence-corrected chi connectivity index (χ0v) is 10.9. The lowest BCUT2D eigenvalue weighted by Crippen LogP contribution is -2.27. The van der Waals surface area contributed by atoms with Crippen LogP contribution in [0.2, 0.25) is 0 Å². The first kappa shape index (κ1) is 12.5. The Kier molecular flexibility index (Phi) is 3.50. The number of H-pyrrole nitrogens is 1. The van der Waals surface area contributed by atoms with Gasteiger partial charge in [0.1, 0.15) is 11.6 Å². The van der Waals surface area contributed by atoms with E-state index in [1.165, 1.54) is 0 Å². The number of nitrogens with zero attached hydrogens (tertiary/aromatic N) is 1. The summed E-state index contributed by atoms with van der Waals surface area (Å²) in [4.78, 5) is 19.4. The smallest absolute Gasteiger partial charge is 0.227 e. The number of amides is 1. The van der Waals surface area contributed by atoms with Crippen molar-refractivity contribution in [1.82, 2.24) is 15.3 Å². The SMILES string of the molecule is O=C(Cc1ccco1)NCCc1nc2ccccc2[nH]1. The van der Waals surface area contributed by atoms with E-state index < -0.39 is 0 Å². The summed E-state index contributed by atoms with van der Waals surface area (Å²) in [7, 11) is 0. The molecule has 2 N–H and O–H groups in total. The molecule has 20 heavy (non-hydrogen) atoms. The second kappa shape index (κ2) is 5.61. The van der Waals surface area contributed by atoms with Crippen LogP contribution < -0.4 is 5.32 Å². The van der Waals surface area contributed by atoms with Crippen LogP contribution in [-0.4, -0.2) is 22.4 Å². The zero-order valence-electron chi connectivity index (χ0n) is 10.9. The number of carbonyl (C=O) groups is 1. The van der Waals surface area contributed by atoms with Crippen LogP contribution in [0.1, 0.15) is 11.6 Å². The van der Waals surface area contributed by atoms with Crippen LogP contribution in [0, 0.1) is 0 Å². The summed E-state index contributed by atoms with van der Waals surface area (Å²) in [6, 6.07) is 11.4. The Morgan fingerprint density at radius 1 is 1.25 bits per heavy atom. The number of imidazole rings is 1. The predicted octanol–water partition coefficient (Wildman–Crippen LogP) is 2.06. The highest BCUT2D eigenvalue weighted by atomic mass is 16.3. The summed E-state index contributed by atoms with van der Waals surface area (Å²) in [6.07, 6.45) is 2.52. The molecule has 0 unspecified atom stereocenters. The Bertz CT molecular complexity index is 668. The molecule has 5 nitrogen and oxygen atoms in total. The molecule has 0 bridgehead atoms. The highest BCUT2D eigenvalue weighted by molar-refractivity contribution is 5.78. The maximum absolute atomic E-state index is 11.7. The molecule has 2 heterocycles. The van der Waals surface area contributed by atoms with E-state index in [0.29, 0.717) is 18.7 Å². The van der Waals surface area contributed by atoms with Gasteiger partial charge in [0.25, 0.3) is 0 Å². The molecular formula is C15H15N3O2. The molecule has 0 spiro atoms. The van der Waals surface area contributed by atoms with Gasteiger partial charge in [0.2, 0.25) is 5.91 Å². The number of rotatable bonds is 5. The summed E-state index contributed by atoms with van der Waals surface area (Å²) >= 11 is 0. The van der Waals surface area contributed by atoms with Gasteiger partial charge in [-0.05, 0) is 24.3 Å². The van der Waals surface area contributed by atoms with Gasteiger partial charge in [-0.15, -0.1) is 0 Å². The lowest BCUT2D eigenvalue weighted by Gasteiger charge is -2.02. The molecule has 1 amide bonds. The Labute approximate surface area is 116 Å². The van der Waals surface area contributed by atoms with E-state index in [2.05, 4.69) is 15.3 Å². The average Bonchev–Trinajstić information content (AvgIpc) is 3.07. The minimum Gasteiger partial charge on any atom is -0.469 e. The van der Waals surface area contributed by atoms with Crippen molar-refractivity contribution in [2.75, 3.05) is 6.54 Å². The largest absolute Gasteiger partial charge is 0.469 e. The first-order valence-corrected chi connectivity index (χ1v) is 6.54. The molecule has 3 rings (SSSR count). The van der Waals surface area contributed by atoms with Gasteiger partial charge in [0, 0.05) is 13.0 Å². The van der Waals surface area contributed by atoms with Crippen LogP contribution in [0.5, 0.6) is 0 Å². The van der Waals surface area contributed by atoms with Gasteiger partial charge < -0.3 is 14.7 Å². The Hall–Kier alpha value is -2.56. The summed E-state index contributed by atoms with van der Waals surface area (Å²) in [5.41, 5.74) is 1.97. The Balaban J connectivity index is 1.51. The van der Waals surface area contributed by atoms with E-state index in [1.54, 1.807) is 18.4 Å². The molecule has 0 aliphatic rings. The summed E-state index contributed by atoms with van der Waals surface area (Å²) in [5, 5.41) is 2.85. The van der Waals surface area contributed by atoms with Gasteiger partial charge in [0.05, 0.1) is 23.7 Å². The number of hydrogen-bond acceptors (Lipinski definition) is 3. The fourth-order valence-electron chi connectivity index (χ4n) is 2.08. The normalized spacial score (nSPS) is 10.8. The third kappa shape index (κ3) is 2.88. The fourth-order valence-corrected chi connectivity index (χ4v) is 2.08. The number of nitrogens with one attached hydrogen (secondary N) is 2. The fraction of sp³-hybridized carbons (Fsp3) is 0.200. The van der Waals surface area contributed by atoms with Gasteiger partial charge in [-0.1, -0.05) is 12.1 Å². The number of fused-ring (bicyclic) bond motifs is 1. The van der Waals surface area contributed by atoms with Crippen molar-refractivity contribution < 1.29 is 9.21 Å². The lowest BCUT2D eigenvalue weighted by molar-refractivity contribution is -0.120. The zero-order chi connectivity index (χ0) is 13.8. The van der Waals surface area contributed by atoms with E-state index in [-0.39, 0.29) is 12.3 Å². The second-order valence-corrected chi connectivity index (χ2v) is 4.56. The Morgan fingerprint density at radius 3 is 2.95 bits per heavy atom. The minimum absolute atomic E-state index is 0.0453. The summed E-state index contributed by atoms with van der Waals surface area (Å²) in [5.74, 6) is 1.51. The molecule has 5 heteroatoms. The van der Waals surface area contributed by atoms with Crippen LogP contribution in [0.3, 0.4) is 0 Å². The molecule has 0 aliphatic heterocycles. The number of carbonyl (C=O) groups excluding carboxylic acids is 1. The van der Waals surface area contributed by atoms with Crippen molar-refractivity contribution >= 4 is 16.9 Å². The third-order valence-electron chi connectivity index (χ3n) is 3.04. The number of aromatic nitrogens is 2. The third-order valence-corrected chi connectivity index (χ3v) is 3.04. The van der Waals surface area contributed by atoms with Gasteiger partial charge in [-0.3, -0.25) is 4.79 Å². The standard InChI is InChI=1S/C15H15N3O2/c19-15(10-11-4-3-9-20-11)16-8-7-14-17-12-5-1-2-6-13(12)18-14/h1-6,9H,7-8,10H2,(H,16,19)(H,17,18). The summed E-state index contributed by atoms with van der Waals surface area (Å²) in [6.45, 7) is 0.555. The average molecular weight is 269 g/mol. The van der Waals surface area contributed by atoms with Crippen molar-refractivity contribution in [1.29, 1.82) is 0 Å². The molecule has 0 atom stereocenters. The van der Waals surface area contributed by atoms with Gasteiger partial charge in [-0.25, -0.2) is 4.98 Å². The van der Waals surface area contributed by atoms with Gasteiger partial charge in [-0.2, -0.15) is 0 Å². The molecule has 102 valence electrons. The minimum atomic E-state index is -0.0453. The van der Waals surface area contributed by atoms with E-state index >= 15 is 0 Å². The Morgan fingerprint density at radius 2 is 2.15 bits per heavy atom. The molecule has 0 aliphatic carbocycles. The number of para-hydroxylation sites is 2. The molecule has 0 saturated carbocycles. The molecule has 0 saturated heterocycles. The molecule has 0 radical (unpaired) electrons. The number of benzene rings is 1. The van der Waals surface area contributed by atoms with Crippen molar-refractivity contribution in [2.24, 2.45) is 0 Å². The predicted molar refractivity (Wildman–Crippen MR) is 75.2 cm³/mol. The maximum Gasteiger partial charge on any atom is 0.227 e. The first-order chi connectivity index (χ1) is 9.81. The van der Waals surface area contributed by atoms with Gasteiger partial charge in [0.15, 0.2) is 0 Å². The molecule has 2 aromatic heterocycles. The van der Waals surface area contributed by atoms with E-state index in [0.717, 1.165) is 16.9 Å². The topological polar surface area (TPSA) is 70.9 Å².